The lowest BCUT2D eigenvalue weighted by Crippen LogP contribution is -2.23. The molecule has 22 heavy (non-hydrogen) atoms. The van der Waals surface area contributed by atoms with E-state index >= 15 is 0 Å². The number of nitrogens with one attached hydrogen (secondary N) is 1. The van der Waals surface area contributed by atoms with E-state index in [4.69, 9.17) is 5.73 Å². The first kappa shape index (κ1) is 15.8. The average molecular weight is 296 g/mol. The number of hydrogen-bond donors (Lipinski definition) is 3. The number of primary amides is 1. The van der Waals surface area contributed by atoms with Crippen molar-refractivity contribution in [2.24, 2.45) is 5.73 Å². The Labute approximate surface area is 130 Å². The lowest BCUT2D eigenvalue weighted by Gasteiger charge is -2.22. The lowest BCUT2D eigenvalue weighted by molar-refractivity contribution is 0.0997. The maximum absolute atomic E-state index is 11.3. The number of nitrogens with two attached hydrogens (primary N) is 1. The SMILES string of the molecule is C=CC(NC(C)c1cccc(C(N)=O)c1O)c1ccccc1. The summed E-state index contributed by atoms with van der Waals surface area (Å²) in [6, 6.07) is 14.6. The van der Waals surface area contributed by atoms with Gasteiger partial charge >= 0.3 is 0 Å². The molecule has 2 unspecified atom stereocenters. The largest absolute Gasteiger partial charge is 0.507 e. The van der Waals surface area contributed by atoms with Crippen LogP contribution < -0.4 is 11.1 Å². The van der Waals surface area contributed by atoms with Gasteiger partial charge in [-0.2, -0.15) is 0 Å². The van der Waals surface area contributed by atoms with E-state index < -0.39 is 5.91 Å². The van der Waals surface area contributed by atoms with Crippen LogP contribution in [0.1, 0.15) is 40.5 Å². The number of hydrogen-bond acceptors (Lipinski definition) is 3. The van der Waals surface area contributed by atoms with Crippen molar-refractivity contribution in [1.82, 2.24) is 5.32 Å². The zero-order chi connectivity index (χ0) is 16.1. The minimum absolute atomic E-state index is 0.0622. The summed E-state index contributed by atoms with van der Waals surface area (Å²) in [5.41, 5.74) is 7.10. The Morgan fingerprint density at radius 3 is 2.50 bits per heavy atom. The molecule has 0 aliphatic carbocycles. The molecular formula is C18H20N2O2. The first-order valence-corrected chi connectivity index (χ1v) is 7.09. The Bertz CT molecular complexity index is 668. The number of para-hydroxylation sites is 1. The van der Waals surface area contributed by atoms with Gasteiger partial charge in [0.2, 0.25) is 0 Å². The maximum atomic E-state index is 11.3. The number of carbonyl (C=O) groups is 1. The molecule has 4 nitrogen and oxygen atoms in total. The second-order valence-electron chi connectivity index (χ2n) is 5.12. The minimum Gasteiger partial charge on any atom is -0.507 e. The van der Waals surface area contributed by atoms with E-state index in [1.807, 2.05) is 37.3 Å². The van der Waals surface area contributed by atoms with E-state index in [1.54, 1.807) is 18.2 Å². The highest BCUT2D eigenvalue weighted by atomic mass is 16.3. The Hall–Kier alpha value is -2.59. The van der Waals surface area contributed by atoms with Crippen LogP contribution >= 0.6 is 0 Å². The summed E-state index contributed by atoms with van der Waals surface area (Å²) in [5, 5.41) is 13.6. The standard InChI is InChI=1S/C18H20N2O2/c1-3-16(13-8-5-4-6-9-13)20-12(2)14-10-7-11-15(17(14)21)18(19)22/h3-12,16,20-21H,1H2,2H3,(H2,19,22). The van der Waals surface area contributed by atoms with Gasteiger partial charge in [-0.25, -0.2) is 0 Å². The highest BCUT2D eigenvalue weighted by Gasteiger charge is 2.18. The Kier molecular flexibility index (Phi) is 4.96. The quantitative estimate of drug-likeness (QED) is 0.717. The highest BCUT2D eigenvalue weighted by Crippen LogP contribution is 2.29. The third kappa shape index (κ3) is 3.35. The molecule has 2 aromatic rings. The fourth-order valence-corrected chi connectivity index (χ4v) is 2.43. The van der Waals surface area contributed by atoms with Gasteiger partial charge in [-0.1, -0.05) is 48.5 Å². The summed E-state index contributed by atoms with van der Waals surface area (Å²) >= 11 is 0. The van der Waals surface area contributed by atoms with Gasteiger partial charge in [0, 0.05) is 11.6 Å². The van der Waals surface area contributed by atoms with Crippen molar-refractivity contribution in [2.75, 3.05) is 0 Å². The molecule has 0 spiro atoms. The molecule has 4 heteroatoms. The molecule has 0 aliphatic heterocycles. The first-order valence-electron chi connectivity index (χ1n) is 7.09. The van der Waals surface area contributed by atoms with Crippen molar-refractivity contribution < 1.29 is 9.90 Å². The Morgan fingerprint density at radius 2 is 1.91 bits per heavy atom. The van der Waals surface area contributed by atoms with Crippen LogP contribution in [0.3, 0.4) is 0 Å². The second-order valence-corrected chi connectivity index (χ2v) is 5.12. The van der Waals surface area contributed by atoms with Crippen LogP contribution in [-0.2, 0) is 0 Å². The predicted octanol–water partition coefficient (Wildman–Crippen LogP) is 3.07. The van der Waals surface area contributed by atoms with E-state index in [2.05, 4.69) is 11.9 Å². The van der Waals surface area contributed by atoms with Gasteiger partial charge in [0.25, 0.3) is 5.91 Å². The van der Waals surface area contributed by atoms with Crippen LogP contribution in [0.5, 0.6) is 5.75 Å². The molecule has 0 aliphatic rings. The van der Waals surface area contributed by atoms with Crippen molar-refractivity contribution >= 4 is 5.91 Å². The predicted molar refractivity (Wildman–Crippen MR) is 87.6 cm³/mol. The normalized spacial score (nSPS) is 13.3. The highest BCUT2D eigenvalue weighted by molar-refractivity contribution is 5.95. The molecule has 0 fully saturated rings. The molecule has 2 rings (SSSR count). The summed E-state index contributed by atoms with van der Waals surface area (Å²) < 4.78 is 0. The molecule has 2 atom stereocenters. The molecule has 1 amide bonds. The Morgan fingerprint density at radius 1 is 1.23 bits per heavy atom. The monoisotopic (exact) mass is 296 g/mol. The third-order valence-electron chi connectivity index (χ3n) is 3.62. The molecule has 2 aromatic carbocycles. The zero-order valence-corrected chi connectivity index (χ0v) is 12.5. The van der Waals surface area contributed by atoms with E-state index in [0.29, 0.717) is 5.56 Å². The van der Waals surface area contributed by atoms with Crippen molar-refractivity contribution in [1.29, 1.82) is 0 Å². The van der Waals surface area contributed by atoms with Crippen molar-refractivity contribution in [2.45, 2.75) is 19.0 Å². The lowest BCUT2D eigenvalue weighted by atomic mass is 10.00. The summed E-state index contributed by atoms with van der Waals surface area (Å²) in [6.07, 6.45) is 1.81. The fourth-order valence-electron chi connectivity index (χ4n) is 2.43. The van der Waals surface area contributed by atoms with Crippen LogP contribution in [0.25, 0.3) is 0 Å². The second kappa shape index (κ2) is 6.91. The van der Waals surface area contributed by atoms with Crippen LogP contribution in [0.2, 0.25) is 0 Å². The molecule has 114 valence electrons. The fraction of sp³-hybridized carbons (Fsp3) is 0.167. The van der Waals surface area contributed by atoms with E-state index in [9.17, 15) is 9.90 Å². The number of rotatable bonds is 6. The smallest absolute Gasteiger partial charge is 0.252 e. The topological polar surface area (TPSA) is 75.3 Å². The number of benzene rings is 2. The van der Waals surface area contributed by atoms with Gasteiger partial charge in [-0.15, -0.1) is 6.58 Å². The van der Waals surface area contributed by atoms with Crippen molar-refractivity contribution in [3.05, 3.63) is 77.9 Å². The van der Waals surface area contributed by atoms with Gasteiger partial charge in [-0.3, -0.25) is 10.1 Å². The van der Waals surface area contributed by atoms with Gasteiger partial charge in [0.15, 0.2) is 0 Å². The maximum Gasteiger partial charge on any atom is 0.252 e. The van der Waals surface area contributed by atoms with Crippen molar-refractivity contribution in [3.63, 3.8) is 0 Å². The van der Waals surface area contributed by atoms with Crippen LogP contribution in [0.4, 0.5) is 0 Å². The molecule has 4 N–H and O–H groups in total. The number of phenols is 1. The van der Waals surface area contributed by atoms with E-state index in [-0.39, 0.29) is 23.4 Å². The van der Waals surface area contributed by atoms with E-state index in [1.165, 1.54) is 6.07 Å². The molecule has 0 saturated carbocycles. The summed E-state index contributed by atoms with van der Waals surface area (Å²) in [4.78, 5) is 11.3. The third-order valence-corrected chi connectivity index (χ3v) is 3.62. The molecular weight excluding hydrogens is 276 g/mol. The van der Waals surface area contributed by atoms with Gasteiger partial charge < -0.3 is 10.8 Å². The minimum atomic E-state index is -0.644. The summed E-state index contributed by atoms with van der Waals surface area (Å²) in [5.74, 6) is -0.722. The molecule has 0 heterocycles. The van der Waals surface area contributed by atoms with Gasteiger partial charge in [0.05, 0.1) is 11.6 Å². The van der Waals surface area contributed by atoms with Gasteiger partial charge in [-0.05, 0) is 18.6 Å². The van der Waals surface area contributed by atoms with Crippen LogP contribution in [0.15, 0.2) is 61.2 Å². The van der Waals surface area contributed by atoms with Crippen LogP contribution in [-0.4, -0.2) is 11.0 Å². The molecule has 0 saturated heterocycles. The zero-order valence-electron chi connectivity index (χ0n) is 12.5. The number of aromatic hydroxyl groups is 1. The average Bonchev–Trinajstić information content (AvgIpc) is 2.53. The first-order chi connectivity index (χ1) is 10.5. The molecule has 0 radical (unpaired) electrons. The molecule has 0 bridgehead atoms. The Balaban J connectivity index is 2.25. The van der Waals surface area contributed by atoms with Gasteiger partial charge in [0.1, 0.15) is 5.75 Å². The summed E-state index contributed by atoms with van der Waals surface area (Å²) in [7, 11) is 0. The van der Waals surface area contributed by atoms with Crippen LogP contribution in [0, 0.1) is 0 Å². The number of amides is 1. The van der Waals surface area contributed by atoms with Crippen molar-refractivity contribution in [3.8, 4) is 5.75 Å². The summed E-state index contributed by atoms with van der Waals surface area (Å²) in [6.45, 7) is 5.77. The molecule has 0 aromatic heterocycles. The number of carbonyl (C=O) groups excluding carboxylic acids is 1. The van der Waals surface area contributed by atoms with E-state index in [0.717, 1.165) is 5.56 Å².